The van der Waals surface area contributed by atoms with Crippen molar-refractivity contribution in [3.05, 3.63) is 35.9 Å². The number of rotatable bonds is 3. The third kappa shape index (κ3) is 2.93. The average molecular weight is 173 g/mol. The zero-order chi connectivity index (χ0) is 9.68. The fourth-order valence-corrected chi connectivity index (χ4v) is 1.28. The highest BCUT2D eigenvalue weighted by molar-refractivity contribution is 5.16. The minimum atomic E-state index is -0.139. The van der Waals surface area contributed by atoms with Crippen molar-refractivity contribution in [1.82, 2.24) is 0 Å². The smallest absolute Gasteiger partial charge is 0.0691 e. The molecule has 1 rings (SSSR count). The van der Waals surface area contributed by atoms with Gasteiger partial charge in [0.25, 0.3) is 0 Å². The molecule has 1 aromatic rings. The maximum Gasteiger partial charge on any atom is 0.0691 e. The predicted molar refractivity (Wildman–Crippen MR) is 56.1 cm³/mol. The molecule has 2 N–H and O–H groups in total. The van der Waals surface area contributed by atoms with Gasteiger partial charge in [-0.1, -0.05) is 43.2 Å². The Kier molecular flexibility index (Phi) is 3.54. The van der Waals surface area contributed by atoms with E-state index < -0.39 is 0 Å². The number of terminal acetylenes is 1. The van der Waals surface area contributed by atoms with Crippen molar-refractivity contribution in [3.8, 4) is 12.3 Å². The molecule has 0 saturated heterocycles. The van der Waals surface area contributed by atoms with Crippen LogP contribution in [0.5, 0.6) is 0 Å². The molecule has 0 aliphatic carbocycles. The fraction of sp³-hybridized carbons (Fsp3) is 0.333. The lowest BCUT2D eigenvalue weighted by Gasteiger charge is -2.14. The van der Waals surface area contributed by atoms with E-state index in [4.69, 9.17) is 12.2 Å². The molecule has 0 spiro atoms. The van der Waals surface area contributed by atoms with Crippen molar-refractivity contribution in [2.45, 2.75) is 19.4 Å². The van der Waals surface area contributed by atoms with E-state index in [1.807, 2.05) is 18.2 Å². The summed E-state index contributed by atoms with van der Waals surface area (Å²) in [5.74, 6) is 2.90. The molecule has 0 aliphatic rings. The molecule has 0 aliphatic heterocycles. The van der Waals surface area contributed by atoms with Crippen LogP contribution in [0.25, 0.3) is 0 Å². The van der Waals surface area contributed by atoms with Crippen LogP contribution < -0.4 is 5.73 Å². The van der Waals surface area contributed by atoms with Gasteiger partial charge in [-0.25, -0.2) is 0 Å². The summed E-state index contributed by atoms with van der Waals surface area (Å²) in [5.41, 5.74) is 7.02. The van der Waals surface area contributed by atoms with Crippen LogP contribution in [-0.2, 0) is 6.42 Å². The largest absolute Gasteiger partial charge is 0.317 e. The van der Waals surface area contributed by atoms with E-state index in [2.05, 4.69) is 25.0 Å². The molecule has 68 valence electrons. The average Bonchev–Trinajstić information content (AvgIpc) is 2.18. The Morgan fingerprint density at radius 1 is 1.38 bits per heavy atom. The second-order valence-corrected chi connectivity index (χ2v) is 3.36. The Morgan fingerprint density at radius 3 is 2.54 bits per heavy atom. The number of hydrogen-bond acceptors (Lipinski definition) is 1. The topological polar surface area (TPSA) is 26.0 Å². The predicted octanol–water partition coefficient (Wildman–Crippen LogP) is 1.83. The quantitative estimate of drug-likeness (QED) is 0.693. The Balaban J connectivity index is 2.56. The maximum absolute atomic E-state index is 5.73. The van der Waals surface area contributed by atoms with Crippen LogP contribution in [0.4, 0.5) is 0 Å². The van der Waals surface area contributed by atoms with Crippen molar-refractivity contribution in [1.29, 1.82) is 0 Å². The van der Waals surface area contributed by atoms with Gasteiger partial charge >= 0.3 is 0 Å². The highest BCUT2D eigenvalue weighted by Gasteiger charge is 2.09. The van der Waals surface area contributed by atoms with E-state index in [1.54, 1.807) is 0 Å². The third-order valence-corrected chi connectivity index (χ3v) is 2.21. The van der Waals surface area contributed by atoms with Crippen molar-refractivity contribution < 1.29 is 0 Å². The zero-order valence-corrected chi connectivity index (χ0v) is 7.90. The molecular weight excluding hydrogens is 158 g/mol. The van der Waals surface area contributed by atoms with E-state index in [0.717, 1.165) is 6.42 Å². The van der Waals surface area contributed by atoms with Crippen LogP contribution in [-0.4, -0.2) is 6.04 Å². The SMILES string of the molecule is C#CC(N)[C@H](C)Cc1ccccc1. The molecule has 13 heavy (non-hydrogen) atoms. The molecule has 1 heteroatoms. The van der Waals surface area contributed by atoms with E-state index in [-0.39, 0.29) is 6.04 Å². The van der Waals surface area contributed by atoms with Gasteiger partial charge < -0.3 is 5.73 Å². The minimum Gasteiger partial charge on any atom is -0.317 e. The van der Waals surface area contributed by atoms with E-state index in [0.29, 0.717) is 5.92 Å². The number of hydrogen-bond donors (Lipinski definition) is 1. The Bertz CT molecular complexity index is 284. The lowest BCUT2D eigenvalue weighted by atomic mass is 9.95. The molecule has 1 unspecified atom stereocenters. The molecule has 0 aromatic heterocycles. The van der Waals surface area contributed by atoms with Gasteiger partial charge in [-0.05, 0) is 17.9 Å². The summed E-state index contributed by atoms with van der Waals surface area (Å²) in [7, 11) is 0. The second-order valence-electron chi connectivity index (χ2n) is 3.36. The van der Waals surface area contributed by atoms with E-state index in [9.17, 15) is 0 Å². The molecule has 1 nitrogen and oxygen atoms in total. The molecule has 0 amide bonds. The maximum atomic E-state index is 5.73. The first-order valence-electron chi connectivity index (χ1n) is 4.49. The molecule has 1 aromatic carbocycles. The molecule has 0 radical (unpaired) electrons. The highest BCUT2D eigenvalue weighted by Crippen LogP contribution is 2.09. The molecule has 0 bridgehead atoms. The summed E-state index contributed by atoms with van der Waals surface area (Å²) in [6.45, 7) is 2.08. The van der Waals surface area contributed by atoms with Crippen LogP contribution >= 0.6 is 0 Å². The summed E-state index contributed by atoms with van der Waals surface area (Å²) in [6, 6.07) is 10.1. The Labute approximate surface area is 80.0 Å². The first-order chi connectivity index (χ1) is 6.24. The van der Waals surface area contributed by atoms with E-state index in [1.165, 1.54) is 5.56 Å². The standard InChI is InChI=1S/C12H15N/c1-3-12(13)10(2)9-11-7-5-4-6-8-11/h1,4-8,10,12H,9,13H2,2H3/t10-,12?/m1/s1. The van der Waals surface area contributed by atoms with Crippen LogP contribution in [0, 0.1) is 18.3 Å². The minimum absolute atomic E-state index is 0.139. The first-order valence-corrected chi connectivity index (χ1v) is 4.49. The van der Waals surface area contributed by atoms with E-state index >= 15 is 0 Å². The van der Waals surface area contributed by atoms with Gasteiger partial charge in [0.1, 0.15) is 0 Å². The van der Waals surface area contributed by atoms with Crippen molar-refractivity contribution >= 4 is 0 Å². The van der Waals surface area contributed by atoms with Crippen LogP contribution in [0.1, 0.15) is 12.5 Å². The third-order valence-electron chi connectivity index (χ3n) is 2.21. The highest BCUT2D eigenvalue weighted by atomic mass is 14.6. The van der Waals surface area contributed by atoms with Gasteiger partial charge in [0.15, 0.2) is 0 Å². The first kappa shape index (κ1) is 9.83. The van der Waals surface area contributed by atoms with Gasteiger partial charge in [-0.2, -0.15) is 0 Å². The lowest BCUT2D eigenvalue weighted by molar-refractivity contribution is 0.528. The van der Waals surface area contributed by atoms with Crippen molar-refractivity contribution in [2.75, 3.05) is 0 Å². The van der Waals surface area contributed by atoms with Gasteiger partial charge in [0, 0.05) is 0 Å². The molecule has 0 fully saturated rings. The monoisotopic (exact) mass is 173 g/mol. The second kappa shape index (κ2) is 4.69. The summed E-state index contributed by atoms with van der Waals surface area (Å²) in [6.07, 6.45) is 6.20. The Morgan fingerprint density at radius 2 is 2.00 bits per heavy atom. The van der Waals surface area contributed by atoms with Crippen molar-refractivity contribution in [2.24, 2.45) is 11.7 Å². The number of nitrogens with two attached hydrogens (primary N) is 1. The van der Waals surface area contributed by atoms with Crippen LogP contribution in [0.15, 0.2) is 30.3 Å². The summed E-state index contributed by atoms with van der Waals surface area (Å²) >= 11 is 0. The molecule has 0 saturated carbocycles. The fourth-order valence-electron chi connectivity index (χ4n) is 1.28. The molecular formula is C12H15N. The summed E-state index contributed by atoms with van der Waals surface area (Å²) in [5, 5.41) is 0. The van der Waals surface area contributed by atoms with Gasteiger partial charge in [-0.15, -0.1) is 6.42 Å². The Hall–Kier alpha value is -1.26. The van der Waals surface area contributed by atoms with Gasteiger partial charge in [0.2, 0.25) is 0 Å². The molecule has 2 atom stereocenters. The zero-order valence-electron chi connectivity index (χ0n) is 7.90. The molecule has 0 heterocycles. The van der Waals surface area contributed by atoms with Crippen LogP contribution in [0.2, 0.25) is 0 Å². The normalized spacial score (nSPS) is 14.5. The summed E-state index contributed by atoms with van der Waals surface area (Å²) < 4.78 is 0. The number of benzene rings is 1. The van der Waals surface area contributed by atoms with Gasteiger partial charge in [0.05, 0.1) is 6.04 Å². The lowest BCUT2D eigenvalue weighted by Crippen LogP contribution is -2.27. The van der Waals surface area contributed by atoms with Crippen molar-refractivity contribution in [3.63, 3.8) is 0 Å². The van der Waals surface area contributed by atoms with Crippen LogP contribution in [0.3, 0.4) is 0 Å². The summed E-state index contributed by atoms with van der Waals surface area (Å²) in [4.78, 5) is 0. The van der Waals surface area contributed by atoms with Gasteiger partial charge in [-0.3, -0.25) is 0 Å².